The van der Waals surface area contributed by atoms with Crippen LogP contribution in [0.1, 0.15) is 5.69 Å². The van der Waals surface area contributed by atoms with Crippen molar-refractivity contribution in [3.8, 4) is 5.75 Å². The Kier molecular flexibility index (Phi) is 4.27. The number of nitrogen functional groups attached to an aromatic ring is 1. The van der Waals surface area contributed by atoms with Crippen LogP contribution in [0.15, 0.2) is 36.8 Å². The fourth-order valence-electron chi connectivity index (χ4n) is 1.59. The number of nitrogens with two attached hydrogens (primary N) is 2. The van der Waals surface area contributed by atoms with Gasteiger partial charge >= 0.3 is 0 Å². The molecule has 2 rings (SSSR count). The predicted octanol–water partition coefficient (Wildman–Crippen LogP) is 2.09. The van der Waals surface area contributed by atoms with Gasteiger partial charge in [-0.2, -0.15) is 0 Å². The lowest BCUT2D eigenvalue weighted by atomic mass is 10.3. The Labute approximate surface area is 121 Å². The number of halogens is 1. The van der Waals surface area contributed by atoms with Crippen molar-refractivity contribution in [2.24, 2.45) is 5.73 Å². The van der Waals surface area contributed by atoms with E-state index in [0.717, 1.165) is 0 Å². The van der Waals surface area contributed by atoms with Gasteiger partial charge < -0.3 is 21.5 Å². The molecule has 0 saturated heterocycles. The van der Waals surface area contributed by atoms with Crippen LogP contribution in [0.2, 0.25) is 5.02 Å². The molecule has 2 aromatic rings. The summed E-state index contributed by atoms with van der Waals surface area (Å²) >= 11 is 6.21. The lowest BCUT2D eigenvalue weighted by molar-refractivity contribution is 0.509. The van der Waals surface area contributed by atoms with Gasteiger partial charge in [0.1, 0.15) is 16.5 Å². The molecule has 0 bridgehead atoms. The molecule has 0 aromatic carbocycles. The Bertz CT molecular complexity index is 630. The predicted molar refractivity (Wildman–Crippen MR) is 80.2 cm³/mol. The van der Waals surface area contributed by atoms with Gasteiger partial charge in [0.2, 0.25) is 0 Å². The van der Waals surface area contributed by atoms with Crippen LogP contribution < -0.4 is 21.5 Å². The Morgan fingerprint density at radius 1 is 1.40 bits per heavy atom. The third-order valence-corrected chi connectivity index (χ3v) is 2.93. The maximum atomic E-state index is 6.21. The maximum absolute atomic E-state index is 6.21. The fraction of sp³-hybridized carbons (Fsp3) is 0.0769. The smallest absolute Gasteiger partial charge is 0.168 e. The van der Waals surface area contributed by atoms with Crippen LogP contribution in [0.3, 0.4) is 0 Å². The third-order valence-electron chi connectivity index (χ3n) is 2.55. The van der Waals surface area contributed by atoms with Crippen molar-refractivity contribution in [2.75, 3.05) is 18.1 Å². The molecule has 6 nitrogen and oxygen atoms in total. The number of ether oxygens (including phenoxy) is 1. The molecule has 7 heteroatoms. The minimum Gasteiger partial charge on any atom is -0.450 e. The van der Waals surface area contributed by atoms with E-state index in [1.165, 1.54) is 12.4 Å². The molecule has 0 saturated carbocycles. The van der Waals surface area contributed by atoms with E-state index in [9.17, 15) is 0 Å². The number of hydrogen-bond donors (Lipinski definition) is 3. The van der Waals surface area contributed by atoms with Crippen LogP contribution in [0.4, 0.5) is 11.5 Å². The zero-order chi connectivity index (χ0) is 14.5. The molecule has 0 aliphatic carbocycles. The van der Waals surface area contributed by atoms with Crippen molar-refractivity contribution in [1.29, 1.82) is 0 Å². The zero-order valence-electron chi connectivity index (χ0n) is 10.8. The second kappa shape index (κ2) is 6.12. The van der Waals surface area contributed by atoms with E-state index in [2.05, 4.69) is 15.3 Å². The van der Waals surface area contributed by atoms with Crippen LogP contribution in [-0.4, -0.2) is 17.0 Å². The number of nitrogens with one attached hydrogen (secondary N) is 1. The summed E-state index contributed by atoms with van der Waals surface area (Å²) in [5, 5.41) is 3.20. The van der Waals surface area contributed by atoms with E-state index < -0.39 is 0 Å². The standard InChI is InChI=1S/C13H14ClN5O/c1-17-12-11(14)10(7-19-13(12)16)20-9(6-15)8-4-2-3-5-18-8/h2-7,17H,15H2,1H3,(H2,16,19)/b9-6+. The molecular weight excluding hydrogens is 278 g/mol. The quantitative estimate of drug-likeness (QED) is 0.746. The lowest BCUT2D eigenvalue weighted by Gasteiger charge is -2.13. The van der Waals surface area contributed by atoms with Crippen molar-refractivity contribution in [3.63, 3.8) is 0 Å². The van der Waals surface area contributed by atoms with Gasteiger partial charge in [0, 0.05) is 19.4 Å². The van der Waals surface area contributed by atoms with E-state index >= 15 is 0 Å². The molecule has 0 fully saturated rings. The topological polar surface area (TPSA) is 99.1 Å². The van der Waals surface area contributed by atoms with Gasteiger partial charge in [-0.3, -0.25) is 4.98 Å². The third kappa shape index (κ3) is 2.75. The SMILES string of the molecule is CNc1c(N)ncc(O/C(=C/N)c2ccccn2)c1Cl. The van der Waals surface area contributed by atoms with Crippen molar-refractivity contribution >= 4 is 28.9 Å². The summed E-state index contributed by atoms with van der Waals surface area (Å²) in [7, 11) is 1.70. The average molecular weight is 292 g/mol. The summed E-state index contributed by atoms with van der Waals surface area (Å²) in [5.74, 6) is 1.01. The van der Waals surface area contributed by atoms with Gasteiger partial charge in [0.05, 0.1) is 11.9 Å². The highest BCUT2D eigenvalue weighted by Gasteiger charge is 2.14. The average Bonchev–Trinajstić information content (AvgIpc) is 2.48. The van der Waals surface area contributed by atoms with Gasteiger partial charge in [-0.15, -0.1) is 0 Å². The Balaban J connectivity index is 2.35. The highest BCUT2D eigenvalue weighted by molar-refractivity contribution is 6.35. The van der Waals surface area contributed by atoms with E-state index in [-0.39, 0.29) is 0 Å². The van der Waals surface area contributed by atoms with Gasteiger partial charge in [-0.1, -0.05) is 17.7 Å². The molecule has 0 radical (unpaired) electrons. The first kappa shape index (κ1) is 14.0. The molecule has 20 heavy (non-hydrogen) atoms. The van der Waals surface area contributed by atoms with Crippen molar-refractivity contribution in [3.05, 3.63) is 47.5 Å². The number of nitrogens with zero attached hydrogens (tertiary/aromatic N) is 2. The van der Waals surface area contributed by atoms with Crippen LogP contribution in [0.5, 0.6) is 5.75 Å². The van der Waals surface area contributed by atoms with Gasteiger partial charge in [-0.05, 0) is 12.1 Å². The largest absolute Gasteiger partial charge is 0.450 e. The van der Waals surface area contributed by atoms with E-state index in [4.69, 9.17) is 27.8 Å². The second-order valence-corrected chi connectivity index (χ2v) is 4.17. The van der Waals surface area contributed by atoms with Gasteiger partial charge in [0.25, 0.3) is 0 Å². The Hall–Kier alpha value is -2.47. The van der Waals surface area contributed by atoms with Crippen LogP contribution in [-0.2, 0) is 0 Å². The summed E-state index contributed by atoms with van der Waals surface area (Å²) in [5.41, 5.74) is 12.4. The van der Waals surface area contributed by atoms with Crippen molar-refractivity contribution < 1.29 is 4.74 Å². The number of anilines is 2. The number of rotatable bonds is 4. The molecule has 0 aliphatic heterocycles. The normalized spacial score (nSPS) is 11.2. The van der Waals surface area contributed by atoms with Gasteiger partial charge in [0.15, 0.2) is 11.5 Å². The molecule has 2 aromatic heterocycles. The molecule has 0 unspecified atom stereocenters. The van der Waals surface area contributed by atoms with Crippen LogP contribution in [0.25, 0.3) is 5.76 Å². The first-order chi connectivity index (χ1) is 9.67. The molecule has 0 aliphatic rings. The summed E-state index contributed by atoms with van der Waals surface area (Å²) in [6.07, 6.45) is 4.39. The Morgan fingerprint density at radius 2 is 2.20 bits per heavy atom. The maximum Gasteiger partial charge on any atom is 0.168 e. The van der Waals surface area contributed by atoms with Crippen molar-refractivity contribution in [1.82, 2.24) is 9.97 Å². The molecule has 0 atom stereocenters. The summed E-state index contributed by atoms with van der Waals surface area (Å²) in [6.45, 7) is 0. The first-order valence-electron chi connectivity index (χ1n) is 5.80. The molecular formula is C13H14ClN5O. The highest BCUT2D eigenvalue weighted by Crippen LogP contribution is 2.36. The monoisotopic (exact) mass is 291 g/mol. The zero-order valence-corrected chi connectivity index (χ0v) is 11.6. The van der Waals surface area contributed by atoms with E-state index in [1.807, 2.05) is 6.07 Å². The number of hydrogen-bond acceptors (Lipinski definition) is 6. The molecule has 0 amide bonds. The second-order valence-electron chi connectivity index (χ2n) is 3.79. The molecule has 5 N–H and O–H groups in total. The lowest BCUT2D eigenvalue weighted by Crippen LogP contribution is -2.04. The number of pyridine rings is 2. The first-order valence-corrected chi connectivity index (χ1v) is 6.18. The number of aromatic nitrogens is 2. The Morgan fingerprint density at radius 3 is 2.80 bits per heavy atom. The summed E-state index contributed by atoms with van der Waals surface area (Å²) in [6, 6.07) is 5.40. The molecule has 104 valence electrons. The summed E-state index contributed by atoms with van der Waals surface area (Å²) < 4.78 is 5.66. The minimum atomic E-state index is 0.293. The van der Waals surface area contributed by atoms with Crippen molar-refractivity contribution in [2.45, 2.75) is 0 Å². The molecule has 2 heterocycles. The summed E-state index contributed by atoms with van der Waals surface area (Å²) in [4.78, 5) is 8.17. The van der Waals surface area contributed by atoms with Crippen LogP contribution in [0, 0.1) is 0 Å². The highest BCUT2D eigenvalue weighted by atomic mass is 35.5. The van der Waals surface area contributed by atoms with Gasteiger partial charge in [-0.25, -0.2) is 4.98 Å². The van der Waals surface area contributed by atoms with E-state index in [0.29, 0.717) is 33.7 Å². The fourth-order valence-corrected chi connectivity index (χ4v) is 1.87. The minimum absolute atomic E-state index is 0.293. The van der Waals surface area contributed by atoms with Crippen LogP contribution >= 0.6 is 11.6 Å². The van der Waals surface area contributed by atoms with E-state index in [1.54, 1.807) is 25.4 Å². The molecule has 0 spiro atoms.